The molecule has 4 rings (SSSR count). The Balaban J connectivity index is 1.52. The van der Waals surface area contributed by atoms with E-state index in [-0.39, 0.29) is 11.7 Å². The van der Waals surface area contributed by atoms with Crippen molar-refractivity contribution in [2.24, 2.45) is 0 Å². The lowest BCUT2D eigenvalue weighted by atomic mass is 10.2. The number of nitrogens with zero attached hydrogens (tertiary/aromatic N) is 4. The smallest absolute Gasteiger partial charge is 0.237 e. The van der Waals surface area contributed by atoms with Gasteiger partial charge >= 0.3 is 0 Å². The van der Waals surface area contributed by atoms with E-state index in [0.717, 1.165) is 11.3 Å². The summed E-state index contributed by atoms with van der Waals surface area (Å²) >= 11 is 1.23. The number of nitrogen functional groups attached to an aromatic ring is 1. The number of anilines is 1. The molecule has 3 aromatic carbocycles. The molecule has 4 aromatic rings. The molecule has 174 valence electrons. The summed E-state index contributed by atoms with van der Waals surface area (Å²) in [5.74, 6) is 8.02. The first-order chi connectivity index (χ1) is 16.6. The zero-order chi connectivity index (χ0) is 23.9. The summed E-state index contributed by atoms with van der Waals surface area (Å²) in [4.78, 5) is 15.0. The van der Waals surface area contributed by atoms with E-state index >= 15 is 0 Å². The van der Waals surface area contributed by atoms with Gasteiger partial charge in [0.25, 0.3) is 0 Å². The number of hydrogen-bond acceptors (Lipinski definition) is 7. The lowest BCUT2D eigenvalue weighted by Gasteiger charge is -2.23. The number of thioether (sulfide) groups is 1. The summed E-state index contributed by atoms with van der Waals surface area (Å²) in [5.41, 5.74) is 2.54. The normalized spacial score (nSPS) is 10.6. The number of benzene rings is 3. The predicted molar refractivity (Wildman–Crippen MR) is 134 cm³/mol. The van der Waals surface area contributed by atoms with Gasteiger partial charge in [-0.15, -0.1) is 10.2 Å². The van der Waals surface area contributed by atoms with Crippen LogP contribution in [0.1, 0.15) is 5.56 Å². The number of aromatic nitrogens is 3. The van der Waals surface area contributed by atoms with Crippen LogP contribution >= 0.6 is 11.8 Å². The summed E-state index contributed by atoms with van der Waals surface area (Å²) in [6.45, 7) is 0.466. The van der Waals surface area contributed by atoms with E-state index in [2.05, 4.69) is 10.2 Å². The van der Waals surface area contributed by atoms with E-state index in [1.165, 1.54) is 16.4 Å². The van der Waals surface area contributed by atoms with Crippen molar-refractivity contribution < 1.29 is 14.3 Å². The van der Waals surface area contributed by atoms with Gasteiger partial charge in [-0.1, -0.05) is 60.3 Å². The molecule has 0 aliphatic rings. The molecule has 1 aromatic heterocycles. The maximum atomic E-state index is 13.3. The van der Waals surface area contributed by atoms with Gasteiger partial charge in [0.05, 0.1) is 32.1 Å². The first kappa shape index (κ1) is 23.2. The number of carbonyl (C=O) groups is 1. The Morgan fingerprint density at radius 2 is 1.68 bits per heavy atom. The highest BCUT2D eigenvalue weighted by molar-refractivity contribution is 7.99. The Morgan fingerprint density at radius 3 is 2.35 bits per heavy atom. The molecule has 8 nitrogen and oxygen atoms in total. The number of ether oxygens (including phenoxy) is 2. The highest BCUT2D eigenvalue weighted by atomic mass is 32.2. The van der Waals surface area contributed by atoms with Crippen LogP contribution in [-0.2, 0) is 11.3 Å². The predicted octanol–water partition coefficient (Wildman–Crippen LogP) is 4.00. The molecule has 0 aliphatic heterocycles. The lowest BCUT2D eigenvalue weighted by molar-refractivity contribution is -0.116. The number of methoxy groups -OCH3 is 2. The van der Waals surface area contributed by atoms with Crippen LogP contribution in [0.3, 0.4) is 0 Å². The first-order valence-corrected chi connectivity index (χ1v) is 11.5. The molecule has 0 saturated heterocycles. The zero-order valence-electron chi connectivity index (χ0n) is 18.9. The molecule has 0 spiro atoms. The molecular formula is C25H25N5O3S. The Labute approximate surface area is 202 Å². The van der Waals surface area contributed by atoms with Crippen LogP contribution in [0.25, 0.3) is 11.4 Å². The third-order valence-corrected chi connectivity index (χ3v) is 6.12. The van der Waals surface area contributed by atoms with Gasteiger partial charge in [0, 0.05) is 11.8 Å². The van der Waals surface area contributed by atoms with E-state index in [4.69, 9.17) is 15.3 Å². The van der Waals surface area contributed by atoms with Crippen molar-refractivity contribution in [2.75, 3.05) is 30.7 Å². The zero-order valence-corrected chi connectivity index (χ0v) is 19.7. The summed E-state index contributed by atoms with van der Waals surface area (Å²) in [6.07, 6.45) is 0. The quantitative estimate of drug-likeness (QED) is 0.289. The number of carbonyl (C=O) groups excluding carboxylic acids is 1. The summed E-state index contributed by atoms with van der Waals surface area (Å²) < 4.78 is 12.1. The molecule has 1 amide bonds. The van der Waals surface area contributed by atoms with Crippen LogP contribution in [-0.4, -0.2) is 40.8 Å². The minimum atomic E-state index is -0.0633. The fourth-order valence-corrected chi connectivity index (χ4v) is 4.18. The topological polar surface area (TPSA) is 95.5 Å². The fourth-order valence-electron chi connectivity index (χ4n) is 3.44. The number of amides is 1. The number of hydrogen-bond donors (Lipinski definition) is 1. The van der Waals surface area contributed by atoms with Gasteiger partial charge < -0.3 is 20.2 Å². The second-order valence-corrected chi connectivity index (χ2v) is 8.27. The van der Waals surface area contributed by atoms with E-state index in [9.17, 15) is 4.79 Å². The minimum absolute atomic E-state index is 0.0633. The van der Waals surface area contributed by atoms with Gasteiger partial charge in [-0.3, -0.25) is 4.79 Å². The van der Waals surface area contributed by atoms with Crippen molar-refractivity contribution in [3.63, 3.8) is 0 Å². The summed E-state index contributed by atoms with van der Waals surface area (Å²) in [6, 6.07) is 24.8. The Kier molecular flexibility index (Phi) is 7.34. The van der Waals surface area contributed by atoms with Crippen molar-refractivity contribution in [1.29, 1.82) is 0 Å². The van der Waals surface area contributed by atoms with Crippen LogP contribution in [0.15, 0.2) is 84.0 Å². The SMILES string of the molecule is COc1ccc(-c2nnc(SCC(=O)N(Cc3ccccc3)c3ccccc3)n2N)c(OC)c1. The molecule has 9 heteroatoms. The van der Waals surface area contributed by atoms with Crippen LogP contribution in [0.4, 0.5) is 5.69 Å². The highest BCUT2D eigenvalue weighted by Gasteiger charge is 2.20. The average Bonchev–Trinajstić information content (AvgIpc) is 3.26. The largest absolute Gasteiger partial charge is 0.497 e. The van der Waals surface area contributed by atoms with Gasteiger partial charge in [0.1, 0.15) is 11.5 Å². The maximum Gasteiger partial charge on any atom is 0.237 e. The maximum absolute atomic E-state index is 13.3. The molecule has 0 fully saturated rings. The molecule has 0 atom stereocenters. The van der Waals surface area contributed by atoms with Crippen LogP contribution in [0.5, 0.6) is 11.5 Å². The minimum Gasteiger partial charge on any atom is -0.497 e. The van der Waals surface area contributed by atoms with E-state index in [1.807, 2.05) is 66.7 Å². The molecule has 1 heterocycles. The van der Waals surface area contributed by atoms with Gasteiger partial charge in [-0.25, -0.2) is 4.68 Å². The van der Waals surface area contributed by atoms with Crippen molar-refractivity contribution in [2.45, 2.75) is 11.7 Å². The van der Waals surface area contributed by atoms with E-state index in [1.54, 1.807) is 31.3 Å². The number of nitrogens with two attached hydrogens (primary N) is 1. The molecule has 0 unspecified atom stereocenters. The van der Waals surface area contributed by atoms with Crippen molar-refractivity contribution in [3.8, 4) is 22.9 Å². The Hall–Kier alpha value is -3.98. The van der Waals surface area contributed by atoms with Crippen molar-refractivity contribution in [1.82, 2.24) is 14.9 Å². The average molecular weight is 476 g/mol. The third kappa shape index (κ3) is 5.15. The highest BCUT2D eigenvalue weighted by Crippen LogP contribution is 2.33. The van der Waals surface area contributed by atoms with Crippen LogP contribution in [0.2, 0.25) is 0 Å². The third-order valence-electron chi connectivity index (χ3n) is 5.19. The monoisotopic (exact) mass is 475 g/mol. The molecule has 0 saturated carbocycles. The second kappa shape index (κ2) is 10.8. The van der Waals surface area contributed by atoms with Crippen molar-refractivity contribution >= 4 is 23.4 Å². The summed E-state index contributed by atoms with van der Waals surface area (Å²) in [7, 11) is 3.15. The van der Waals surface area contributed by atoms with Gasteiger partial charge in [0.15, 0.2) is 5.82 Å². The Morgan fingerprint density at radius 1 is 0.971 bits per heavy atom. The van der Waals surface area contributed by atoms with E-state index < -0.39 is 0 Å². The Bertz CT molecular complexity index is 1250. The second-order valence-electron chi connectivity index (χ2n) is 7.33. The lowest BCUT2D eigenvalue weighted by Crippen LogP contribution is -2.32. The van der Waals surface area contributed by atoms with Crippen LogP contribution in [0, 0.1) is 0 Å². The number of para-hydroxylation sites is 1. The van der Waals surface area contributed by atoms with Gasteiger partial charge in [-0.2, -0.15) is 0 Å². The van der Waals surface area contributed by atoms with Crippen LogP contribution < -0.4 is 20.2 Å². The molecule has 2 N–H and O–H groups in total. The molecule has 0 radical (unpaired) electrons. The van der Waals surface area contributed by atoms with Gasteiger partial charge in [-0.05, 0) is 29.8 Å². The molecule has 0 aliphatic carbocycles. The summed E-state index contributed by atoms with van der Waals surface area (Å²) in [5, 5.41) is 8.84. The number of rotatable bonds is 9. The molecule has 0 bridgehead atoms. The van der Waals surface area contributed by atoms with Gasteiger partial charge in [0.2, 0.25) is 11.1 Å². The fraction of sp³-hybridized carbons (Fsp3) is 0.160. The standard InChI is InChI=1S/C25H25N5O3S/c1-32-20-13-14-21(22(15-20)33-2)24-27-28-25(30(24)26)34-17-23(31)29(19-11-7-4-8-12-19)16-18-9-5-3-6-10-18/h3-15H,16-17,26H2,1-2H3. The first-order valence-electron chi connectivity index (χ1n) is 10.6. The molecular weight excluding hydrogens is 450 g/mol. The van der Waals surface area contributed by atoms with Crippen molar-refractivity contribution in [3.05, 3.63) is 84.4 Å². The van der Waals surface area contributed by atoms with E-state index in [0.29, 0.717) is 34.6 Å². The molecule has 34 heavy (non-hydrogen) atoms.